The van der Waals surface area contributed by atoms with Gasteiger partial charge in [-0.1, -0.05) is 12.2 Å². The minimum atomic E-state index is -4.68. The summed E-state index contributed by atoms with van der Waals surface area (Å²) in [5, 5.41) is 11.6. The number of benzene rings is 2. The SMILES string of the molecule is N#Cc1ccc(C(F)(F)F)c(OCC2=C(NC(=O)c3ccc(SC(F)(F)F)cc3)CC=C2)c1. The highest BCUT2D eigenvalue weighted by Crippen LogP contribution is 2.38. The summed E-state index contributed by atoms with van der Waals surface area (Å²) in [6, 6.07) is 9.35. The highest BCUT2D eigenvalue weighted by Gasteiger charge is 2.34. The Morgan fingerprint density at radius 2 is 1.79 bits per heavy atom. The lowest BCUT2D eigenvalue weighted by Crippen LogP contribution is -2.24. The lowest BCUT2D eigenvalue weighted by Gasteiger charge is -2.15. The summed E-state index contributed by atoms with van der Waals surface area (Å²) in [6.45, 7) is -0.300. The molecule has 1 aliphatic carbocycles. The zero-order valence-electron chi connectivity index (χ0n) is 16.6. The Hall–Kier alpha value is -3.39. The number of amides is 1. The number of halogens is 6. The van der Waals surface area contributed by atoms with E-state index in [1.807, 2.05) is 0 Å². The molecule has 0 spiro atoms. The summed E-state index contributed by atoms with van der Waals surface area (Å²) >= 11 is -0.303. The molecule has 0 heterocycles. The maximum atomic E-state index is 13.2. The summed E-state index contributed by atoms with van der Waals surface area (Å²) in [5.74, 6) is -1.10. The van der Waals surface area contributed by atoms with Crippen LogP contribution in [0.2, 0.25) is 0 Å². The minimum absolute atomic E-state index is 0.00500. The molecule has 4 nitrogen and oxygen atoms in total. The van der Waals surface area contributed by atoms with Crippen molar-refractivity contribution in [1.29, 1.82) is 5.26 Å². The molecule has 0 unspecified atom stereocenters. The number of nitrogens with zero attached hydrogens (tertiary/aromatic N) is 1. The largest absolute Gasteiger partial charge is 0.488 e. The fourth-order valence-electron chi connectivity index (χ4n) is 2.94. The first kappa shape index (κ1) is 24.3. The van der Waals surface area contributed by atoms with Crippen LogP contribution in [0.5, 0.6) is 5.75 Å². The molecule has 2 aromatic carbocycles. The summed E-state index contributed by atoms with van der Waals surface area (Å²) in [5.41, 5.74) is -4.57. The predicted octanol–water partition coefficient (Wildman–Crippen LogP) is 6.21. The van der Waals surface area contributed by atoms with Gasteiger partial charge < -0.3 is 10.1 Å². The summed E-state index contributed by atoms with van der Waals surface area (Å²) in [7, 11) is 0. The van der Waals surface area contributed by atoms with Gasteiger partial charge >= 0.3 is 11.7 Å². The third kappa shape index (κ3) is 6.55. The van der Waals surface area contributed by atoms with Gasteiger partial charge in [0.1, 0.15) is 12.4 Å². The van der Waals surface area contributed by atoms with Gasteiger partial charge in [0.15, 0.2) is 0 Å². The molecule has 172 valence electrons. The molecule has 0 bridgehead atoms. The molecular weight excluding hydrogens is 470 g/mol. The predicted molar refractivity (Wildman–Crippen MR) is 108 cm³/mol. The zero-order chi connectivity index (χ0) is 24.2. The Kier molecular flexibility index (Phi) is 7.07. The Bertz CT molecular complexity index is 1150. The molecule has 1 aliphatic rings. The molecule has 1 amide bonds. The van der Waals surface area contributed by atoms with Crippen LogP contribution in [0.3, 0.4) is 0 Å². The van der Waals surface area contributed by atoms with Gasteiger partial charge in [-0.15, -0.1) is 0 Å². The van der Waals surface area contributed by atoms with Crippen LogP contribution in [0.15, 0.2) is 70.8 Å². The van der Waals surface area contributed by atoms with Gasteiger partial charge in [0.25, 0.3) is 5.91 Å². The molecule has 0 atom stereocenters. The van der Waals surface area contributed by atoms with Crippen molar-refractivity contribution >= 4 is 17.7 Å². The second-order valence-corrected chi connectivity index (χ2v) is 7.88. The molecule has 33 heavy (non-hydrogen) atoms. The number of allylic oxidation sites excluding steroid dienone is 1. The standard InChI is InChI=1S/C22H14F6N2O2S/c23-21(24,25)17-9-4-13(11-29)10-19(17)32-12-15-2-1-3-18(15)30-20(31)14-5-7-16(8-6-14)33-22(26,27)28/h1-2,4-10H,3,12H2,(H,30,31). The van der Waals surface area contributed by atoms with Gasteiger partial charge in [-0.25, -0.2) is 0 Å². The van der Waals surface area contributed by atoms with Crippen molar-refractivity contribution in [3.05, 3.63) is 82.6 Å². The van der Waals surface area contributed by atoms with Crippen LogP contribution in [-0.4, -0.2) is 18.0 Å². The number of thioether (sulfide) groups is 1. The quantitative estimate of drug-likeness (QED) is 0.391. The van der Waals surface area contributed by atoms with Crippen LogP contribution >= 0.6 is 11.8 Å². The number of hydrogen-bond donors (Lipinski definition) is 1. The van der Waals surface area contributed by atoms with Crippen molar-refractivity contribution in [2.24, 2.45) is 0 Å². The van der Waals surface area contributed by atoms with E-state index >= 15 is 0 Å². The fraction of sp³-hybridized carbons (Fsp3) is 0.182. The van der Waals surface area contributed by atoms with E-state index in [2.05, 4.69) is 5.32 Å². The highest BCUT2D eigenvalue weighted by atomic mass is 32.2. The summed E-state index contributed by atoms with van der Waals surface area (Å²) < 4.78 is 82.3. The molecule has 0 saturated heterocycles. The average molecular weight is 484 g/mol. The van der Waals surface area contributed by atoms with Crippen molar-refractivity contribution in [1.82, 2.24) is 5.32 Å². The van der Waals surface area contributed by atoms with Gasteiger partial charge in [-0.05, 0) is 54.2 Å². The van der Waals surface area contributed by atoms with Gasteiger partial charge in [0.05, 0.1) is 17.2 Å². The van der Waals surface area contributed by atoms with E-state index in [4.69, 9.17) is 10.00 Å². The van der Waals surface area contributed by atoms with Crippen LogP contribution in [0.1, 0.15) is 27.9 Å². The van der Waals surface area contributed by atoms with Crippen LogP contribution in [0.4, 0.5) is 26.3 Å². The van der Waals surface area contributed by atoms with Crippen LogP contribution in [-0.2, 0) is 6.18 Å². The van der Waals surface area contributed by atoms with E-state index in [-0.39, 0.29) is 40.8 Å². The number of carbonyl (C=O) groups is 1. The number of nitrogens with one attached hydrogen (secondary N) is 1. The normalized spacial score (nSPS) is 13.7. The monoisotopic (exact) mass is 484 g/mol. The van der Waals surface area contributed by atoms with Crippen LogP contribution in [0, 0.1) is 11.3 Å². The third-order valence-electron chi connectivity index (χ3n) is 4.44. The van der Waals surface area contributed by atoms with Crippen LogP contribution < -0.4 is 10.1 Å². The molecule has 0 fully saturated rings. The Morgan fingerprint density at radius 3 is 2.39 bits per heavy atom. The number of nitriles is 1. The molecule has 0 saturated carbocycles. The van der Waals surface area contributed by atoms with Crippen molar-refractivity contribution in [3.8, 4) is 11.8 Å². The van der Waals surface area contributed by atoms with Gasteiger partial charge in [0, 0.05) is 28.1 Å². The lowest BCUT2D eigenvalue weighted by atomic mass is 10.1. The van der Waals surface area contributed by atoms with Gasteiger partial charge in [-0.3, -0.25) is 4.79 Å². The Morgan fingerprint density at radius 1 is 1.09 bits per heavy atom. The minimum Gasteiger partial charge on any atom is -0.488 e. The van der Waals surface area contributed by atoms with Crippen molar-refractivity contribution in [3.63, 3.8) is 0 Å². The maximum absolute atomic E-state index is 13.2. The average Bonchev–Trinajstić information content (AvgIpc) is 3.17. The molecule has 0 radical (unpaired) electrons. The highest BCUT2D eigenvalue weighted by molar-refractivity contribution is 8.00. The van der Waals surface area contributed by atoms with E-state index in [0.717, 1.165) is 18.2 Å². The smallest absolute Gasteiger partial charge is 0.446 e. The van der Waals surface area contributed by atoms with E-state index in [9.17, 15) is 31.1 Å². The Balaban J connectivity index is 1.72. The number of rotatable bonds is 6. The molecule has 11 heteroatoms. The third-order valence-corrected chi connectivity index (χ3v) is 5.18. The molecule has 3 rings (SSSR count). The van der Waals surface area contributed by atoms with Crippen LogP contribution in [0.25, 0.3) is 0 Å². The number of carbonyl (C=O) groups excluding carboxylic acids is 1. The second-order valence-electron chi connectivity index (χ2n) is 6.75. The van der Waals surface area contributed by atoms with Crippen molar-refractivity contribution < 1.29 is 35.9 Å². The molecule has 2 aromatic rings. The molecule has 1 N–H and O–H groups in total. The van der Waals surface area contributed by atoms with Gasteiger partial charge in [-0.2, -0.15) is 31.6 Å². The van der Waals surface area contributed by atoms with E-state index in [1.165, 1.54) is 24.3 Å². The molecular formula is C22H14F6N2O2S. The number of ether oxygens (including phenoxy) is 1. The maximum Gasteiger partial charge on any atom is 0.446 e. The summed E-state index contributed by atoms with van der Waals surface area (Å²) in [4.78, 5) is 12.4. The lowest BCUT2D eigenvalue weighted by molar-refractivity contribution is -0.138. The topological polar surface area (TPSA) is 62.1 Å². The van der Waals surface area contributed by atoms with Gasteiger partial charge in [0.2, 0.25) is 0 Å². The molecule has 0 aromatic heterocycles. The first-order chi connectivity index (χ1) is 15.5. The summed E-state index contributed by atoms with van der Waals surface area (Å²) in [6.07, 6.45) is -1.14. The van der Waals surface area contributed by atoms with E-state index in [0.29, 0.717) is 11.3 Å². The van der Waals surface area contributed by atoms with E-state index in [1.54, 1.807) is 18.2 Å². The van der Waals surface area contributed by atoms with Crippen molar-refractivity contribution in [2.75, 3.05) is 6.61 Å². The number of hydrogen-bond acceptors (Lipinski definition) is 4. The number of alkyl halides is 6. The first-order valence-electron chi connectivity index (χ1n) is 9.26. The Labute approximate surface area is 188 Å². The fourth-order valence-corrected chi connectivity index (χ4v) is 3.47. The van der Waals surface area contributed by atoms with E-state index < -0.39 is 28.9 Å². The zero-order valence-corrected chi connectivity index (χ0v) is 17.4. The van der Waals surface area contributed by atoms with Crippen molar-refractivity contribution in [2.45, 2.75) is 23.0 Å². The first-order valence-corrected chi connectivity index (χ1v) is 10.1. The molecule has 0 aliphatic heterocycles. The second kappa shape index (κ2) is 9.62.